The van der Waals surface area contributed by atoms with Gasteiger partial charge < -0.3 is 24.4 Å². The third kappa shape index (κ3) is 7.01. The van der Waals surface area contributed by atoms with Crippen LogP contribution in [-0.2, 0) is 14.3 Å². The molecule has 0 aromatic heterocycles. The van der Waals surface area contributed by atoms with Crippen molar-refractivity contribution in [2.45, 2.75) is 0 Å². The number of methoxy groups -OCH3 is 3. The van der Waals surface area contributed by atoms with E-state index >= 15 is 0 Å². The summed E-state index contributed by atoms with van der Waals surface area (Å²) >= 11 is 6.03. The van der Waals surface area contributed by atoms with Crippen LogP contribution >= 0.6 is 11.6 Å². The molecule has 1 aromatic carbocycles. The Kier molecular flexibility index (Phi) is 9.40. The number of hydrogen-bond donors (Lipinski definition) is 1. The summed E-state index contributed by atoms with van der Waals surface area (Å²) in [6, 6.07) is 6.75. The Hall–Kier alpha value is -2.27. The minimum atomic E-state index is -0.524. The van der Waals surface area contributed by atoms with Gasteiger partial charge in [-0.2, -0.15) is 5.26 Å². The van der Waals surface area contributed by atoms with Crippen LogP contribution in [0.5, 0.6) is 5.75 Å². The molecule has 1 aromatic rings. The molecule has 136 valence electrons. The molecule has 0 spiro atoms. The lowest BCUT2D eigenvalue weighted by Crippen LogP contribution is -2.27. The standard InChI is InChI=1S/C17H22ClN3O4/c1-23-8-6-21(7-9-24-2)12-13(11-19)17(22)20-14-4-5-16(25-3)15(18)10-14/h4-5,10,12H,6-9H2,1-3H3,(H,20,22)/b13-12-. The van der Waals surface area contributed by atoms with E-state index in [9.17, 15) is 10.1 Å². The van der Waals surface area contributed by atoms with Crippen molar-refractivity contribution in [2.24, 2.45) is 0 Å². The molecule has 7 nitrogen and oxygen atoms in total. The van der Waals surface area contributed by atoms with E-state index in [1.165, 1.54) is 13.3 Å². The Labute approximate surface area is 152 Å². The van der Waals surface area contributed by atoms with Crippen molar-refractivity contribution >= 4 is 23.2 Å². The first-order valence-electron chi connectivity index (χ1n) is 7.54. The monoisotopic (exact) mass is 367 g/mol. The lowest BCUT2D eigenvalue weighted by molar-refractivity contribution is -0.112. The molecule has 0 atom stereocenters. The number of benzene rings is 1. The normalized spacial score (nSPS) is 10.9. The maximum absolute atomic E-state index is 12.3. The van der Waals surface area contributed by atoms with Gasteiger partial charge in [0, 0.05) is 39.2 Å². The first kappa shape index (κ1) is 20.8. The van der Waals surface area contributed by atoms with Crippen LogP contribution in [-0.4, -0.2) is 58.4 Å². The lowest BCUT2D eigenvalue weighted by atomic mass is 10.2. The highest BCUT2D eigenvalue weighted by atomic mass is 35.5. The number of carbonyl (C=O) groups excluding carboxylic acids is 1. The topological polar surface area (TPSA) is 83.8 Å². The van der Waals surface area contributed by atoms with Gasteiger partial charge in [0.1, 0.15) is 17.4 Å². The van der Waals surface area contributed by atoms with Crippen molar-refractivity contribution in [1.29, 1.82) is 5.26 Å². The van der Waals surface area contributed by atoms with Gasteiger partial charge in [0.2, 0.25) is 0 Å². The van der Waals surface area contributed by atoms with E-state index in [1.54, 1.807) is 37.3 Å². The fourth-order valence-electron chi connectivity index (χ4n) is 1.92. The van der Waals surface area contributed by atoms with Crippen molar-refractivity contribution in [2.75, 3.05) is 52.9 Å². The van der Waals surface area contributed by atoms with Gasteiger partial charge in [-0.05, 0) is 18.2 Å². The summed E-state index contributed by atoms with van der Waals surface area (Å²) in [5, 5.41) is 12.3. The molecule has 0 heterocycles. The van der Waals surface area contributed by atoms with E-state index < -0.39 is 5.91 Å². The van der Waals surface area contributed by atoms with Crippen LogP contribution in [0.25, 0.3) is 0 Å². The van der Waals surface area contributed by atoms with E-state index in [0.717, 1.165) is 0 Å². The van der Waals surface area contributed by atoms with E-state index in [0.29, 0.717) is 42.8 Å². The highest BCUT2D eigenvalue weighted by Crippen LogP contribution is 2.27. The van der Waals surface area contributed by atoms with Gasteiger partial charge in [0.05, 0.1) is 25.3 Å². The van der Waals surface area contributed by atoms with Crippen LogP contribution in [0.3, 0.4) is 0 Å². The van der Waals surface area contributed by atoms with Crippen LogP contribution in [0.1, 0.15) is 0 Å². The predicted molar refractivity (Wildman–Crippen MR) is 95.7 cm³/mol. The SMILES string of the molecule is COCCN(/C=C(/C#N)C(=O)Nc1ccc(OC)c(Cl)c1)CCOC. The average Bonchev–Trinajstić information content (AvgIpc) is 2.61. The zero-order valence-corrected chi connectivity index (χ0v) is 15.3. The lowest BCUT2D eigenvalue weighted by Gasteiger charge is -2.20. The largest absolute Gasteiger partial charge is 0.495 e. The first-order valence-corrected chi connectivity index (χ1v) is 7.92. The zero-order valence-electron chi connectivity index (χ0n) is 14.5. The molecule has 0 radical (unpaired) electrons. The van der Waals surface area contributed by atoms with Gasteiger partial charge in [0.15, 0.2) is 0 Å². The zero-order chi connectivity index (χ0) is 18.7. The molecule has 0 aliphatic carbocycles. The summed E-state index contributed by atoms with van der Waals surface area (Å²) in [5.41, 5.74) is 0.441. The van der Waals surface area contributed by atoms with Gasteiger partial charge in [0.25, 0.3) is 5.91 Å². The average molecular weight is 368 g/mol. The highest BCUT2D eigenvalue weighted by molar-refractivity contribution is 6.32. The van der Waals surface area contributed by atoms with Crippen LogP contribution in [0.4, 0.5) is 5.69 Å². The van der Waals surface area contributed by atoms with Crippen LogP contribution < -0.4 is 10.1 Å². The third-order valence-electron chi connectivity index (χ3n) is 3.25. The summed E-state index contributed by atoms with van der Waals surface area (Å²) in [4.78, 5) is 14.1. The number of nitrogens with one attached hydrogen (secondary N) is 1. The summed E-state index contributed by atoms with van der Waals surface area (Å²) in [5.74, 6) is -0.0235. The molecule has 25 heavy (non-hydrogen) atoms. The molecule has 1 N–H and O–H groups in total. The molecule has 8 heteroatoms. The van der Waals surface area contributed by atoms with Crippen molar-refractivity contribution in [3.8, 4) is 11.8 Å². The minimum Gasteiger partial charge on any atom is -0.495 e. The van der Waals surface area contributed by atoms with Crippen LogP contribution in [0, 0.1) is 11.3 Å². The Balaban J connectivity index is 2.86. The molecular formula is C17H22ClN3O4. The van der Waals surface area contributed by atoms with Crippen LogP contribution in [0.2, 0.25) is 5.02 Å². The Bertz CT molecular complexity index is 635. The van der Waals surface area contributed by atoms with E-state index in [-0.39, 0.29) is 5.57 Å². The number of amides is 1. The smallest absolute Gasteiger partial charge is 0.267 e. The van der Waals surface area contributed by atoms with Crippen molar-refractivity contribution in [1.82, 2.24) is 4.90 Å². The molecule has 0 bridgehead atoms. The fourth-order valence-corrected chi connectivity index (χ4v) is 2.18. The number of halogens is 1. The highest BCUT2D eigenvalue weighted by Gasteiger charge is 2.13. The summed E-state index contributed by atoms with van der Waals surface area (Å²) in [7, 11) is 4.68. The second kappa shape index (κ2) is 11.3. The Morgan fingerprint density at radius 2 is 1.92 bits per heavy atom. The van der Waals surface area contributed by atoms with Crippen LogP contribution in [0.15, 0.2) is 30.0 Å². The summed E-state index contributed by atoms with van der Waals surface area (Å²) in [6.45, 7) is 2.00. The summed E-state index contributed by atoms with van der Waals surface area (Å²) in [6.07, 6.45) is 1.50. The molecule has 0 saturated carbocycles. The summed E-state index contributed by atoms with van der Waals surface area (Å²) < 4.78 is 15.1. The molecule has 0 saturated heterocycles. The number of ether oxygens (including phenoxy) is 3. The maximum Gasteiger partial charge on any atom is 0.267 e. The Morgan fingerprint density at radius 3 is 2.40 bits per heavy atom. The van der Waals surface area contributed by atoms with E-state index in [2.05, 4.69) is 5.32 Å². The molecule has 1 rings (SSSR count). The number of carbonyl (C=O) groups is 1. The van der Waals surface area contributed by atoms with Crippen molar-refractivity contribution < 1.29 is 19.0 Å². The van der Waals surface area contributed by atoms with Gasteiger partial charge in [-0.3, -0.25) is 4.79 Å². The molecule has 0 aliphatic rings. The van der Waals surface area contributed by atoms with Gasteiger partial charge >= 0.3 is 0 Å². The minimum absolute atomic E-state index is 0.0286. The number of rotatable bonds is 10. The number of hydrogen-bond acceptors (Lipinski definition) is 6. The van der Waals surface area contributed by atoms with Gasteiger partial charge in [-0.25, -0.2) is 0 Å². The molecule has 0 aliphatic heterocycles. The Morgan fingerprint density at radius 1 is 1.28 bits per heavy atom. The number of nitriles is 1. The maximum atomic E-state index is 12.3. The molecule has 0 unspecified atom stereocenters. The van der Waals surface area contributed by atoms with Gasteiger partial charge in [-0.1, -0.05) is 11.6 Å². The van der Waals surface area contributed by atoms with Crippen molar-refractivity contribution in [3.63, 3.8) is 0 Å². The molecule has 1 amide bonds. The second-order valence-corrected chi connectivity index (χ2v) is 5.39. The second-order valence-electron chi connectivity index (χ2n) is 4.98. The molecular weight excluding hydrogens is 346 g/mol. The number of nitrogens with zero attached hydrogens (tertiary/aromatic N) is 2. The first-order chi connectivity index (χ1) is 12.0. The predicted octanol–water partition coefficient (Wildman–Crippen LogP) is 2.29. The van der Waals surface area contributed by atoms with E-state index in [4.69, 9.17) is 25.8 Å². The quantitative estimate of drug-likeness (QED) is 0.504. The van der Waals surface area contributed by atoms with Crippen molar-refractivity contribution in [3.05, 3.63) is 35.0 Å². The van der Waals surface area contributed by atoms with E-state index in [1.807, 2.05) is 6.07 Å². The molecule has 0 fully saturated rings. The van der Waals surface area contributed by atoms with Gasteiger partial charge in [-0.15, -0.1) is 0 Å². The third-order valence-corrected chi connectivity index (χ3v) is 3.55. The fraction of sp³-hybridized carbons (Fsp3) is 0.412. The number of anilines is 1.